The first-order valence-electron chi connectivity index (χ1n) is 23.4. The Kier molecular flexibility index (Phi) is 7.93. The molecule has 0 atom stereocenters. The van der Waals surface area contributed by atoms with Gasteiger partial charge >= 0.3 is 0 Å². The molecule has 10 aromatic carbocycles. The van der Waals surface area contributed by atoms with Gasteiger partial charge in [-0.05, 0) is 97.1 Å². The highest BCUT2D eigenvalue weighted by atomic mass is 16.3. The molecule has 0 N–H and O–H groups in total. The largest absolute Gasteiger partial charge is 0.456 e. The molecule has 320 valence electrons. The van der Waals surface area contributed by atoms with Crippen molar-refractivity contribution in [1.82, 2.24) is 15.0 Å². The zero-order valence-corrected chi connectivity index (χ0v) is 37.0. The molecule has 0 aliphatic heterocycles. The highest BCUT2D eigenvalue weighted by Gasteiger charge is 2.52. The van der Waals surface area contributed by atoms with Gasteiger partial charge in [-0.15, -0.1) is 0 Å². The molecule has 3 heterocycles. The SMILES string of the molecule is c1ccc(-c2nc(-c3cccc4c3oc3ccccc34)nc(-c3cccc4oc5ccc(-c6ccc(-c7cccc8c7-c7ccccc7C87c8ccccc8-c8ccccc87)cc6)cc5c34)n2)cc1. The van der Waals surface area contributed by atoms with Gasteiger partial charge in [0.15, 0.2) is 17.5 Å². The van der Waals surface area contributed by atoms with Crippen molar-refractivity contribution in [3.63, 3.8) is 0 Å². The second kappa shape index (κ2) is 14.4. The summed E-state index contributed by atoms with van der Waals surface area (Å²) in [6, 6.07) is 79.8. The Morgan fingerprint density at radius 3 is 1.61 bits per heavy atom. The molecule has 0 saturated carbocycles. The monoisotopic (exact) mass is 879 g/mol. The number of hydrogen-bond acceptors (Lipinski definition) is 5. The molecule has 15 rings (SSSR count). The Balaban J connectivity index is 0.856. The molecule has 5 heteroatoms. The van der Waals surface area contributed by atoms with E-state index in [-0.39, 0.29) is 5.41 Å². The lowest BCUT2D eigenvalue weighted by Crippen LogP contribution is -2.25. The molecule has 3 aromatic heterocycles. The first-order valence-corrected chi connectivity index (χ1v) is 23.4. The maximum Gasteiger partial charge on any atom is 0.167 e. The summed E-state index contributed by atoms with van der Waals surface area (Å²) in [7, 11) is 0. The average Bonchev–Trinajstić information content (AvgIpc) is 4.16. The van der Waals surface area contributed by atoms with Gasteiger partial charge in [0.05, 0.1) is 11.0 Å². The van der Waals surface area contributed by atoms with E-state index in [0.717, 1.165) is 71.7 Å². The summed E-state index contributed by atoms with van der Waals surface area (Å²) in [6.45, 7) is 0. The number of nitrogens with zero attached hydrogens (tertiary/aromatic N) is 3. The Morgan fingerprint density at radius 2 is 0.812 bits per heavy atom. The summed E-state index contributed by atoms with van der Waals surface area (Å²) in [6.07, 6.45) is 0. The fourth-order valence-electron chi connectivity index (χ4n) is 11.7. The quantitative estimate of drug-likeness (QED) is 0.172. The Hall–Kier alpha value is -9.19. The number of rotatable bonds is 5. The Labute approximate surface area is 396 Å². The van der Waals surface area contributed by atoms with Gasteiger partial charge in [-0.2, -0.15) is 0 Å². The van der Waals surface area contributed by atoms with E-state index in [1.165, 1.54) is 55.6 Å². The lowest BCUT2D eigenvalue weighted by Gasteiger charge is -2.30. The lowest BCUT2D eigenvalue weighted by molar-refractivity contribution is 0.668. The maximum atomic E-state index is 6.57. The van der Waals surface area contributed by atoms with Crippen LogP contribution >= 0.6 is 0 Å². The van der Waals surface area contributed by atoms with Crippen LogP contribution in [0.4, 0.5) is 0 Å². The molecule has 0 fully saturated rings. The van der Waals surface area contributed by atoms with Crippen LogP contribution in [0, 0.1) is 0 Å². The van der Waals surface area contributed by atoms with Gasteiger partial charge in [0.1, 0.15) is 22.3 Å². The Morgan fingerprint density at radius 1 is 0.290 bits per heavy atom. The van der Waals surface area contributed by atoms with Gasteiger partial charge in [0.25, 0.3) is 0 Å². The van der Waals surface area contributed by atoms with Crippen LogP contribution in [0.2, 0.25) is 0 Å². The lowest BCUT2D eigenvalue weighted by atomic mass is 9.70. The first kappa shape index (κ1) is 38.0. The van der Waals surface area contributed by atoms with Gasteiger partial charge in [-0.3, -0.25) is 0 Å². The summed E-state index contributed by atoms with van der Waals surface area (Å²) < 4.78 is 13.1. The molecule has 0 bridgehead atoms. The van der Waals surface area contributed by atoms with Crippen molar-refractivity contribution in [3.8, 4) is 78.7 Å². The second-order valence-corrected chi connectivity index (χ2v) is 18.1. The molecule has 2 aliphatic rings. The maximum absolute atomic E-state index is 6.57. The smallest absolute Gasteiger partial charge is 0.167 e. The minimum atomic E-state index is -0.384. The topological polar surface area (TPSA) is 65.0 Å². The fourth-order valence-corrected chi connectivity index (χ4v) is 11.7. The van der Waals surface area contributed by atoms with E-state index >= 15 is 0 Å². The van der Waals surface area contributed by atoms with Crippen LogP contribution < -0.4 is 0 Å². The number of para-hydroxylation sites is 2. The summed E-state index contributed by atoms with van der Waals surface area (Å²) in [5, 5.41) is 4.01. The molecular weight excluding hydrogens is 843 g/mol. The Bertz CT molecular complexity index is 4210. The van der Waals surface area contributed by atoms with Crippen molar-refractivity contribution in [1.29, 1.82) is 0 Å². The van der Waals surface area contributed by atoms with Crippen molar-refractivity contribution < 1.29 is 8.83 Å². The second-order valence-electron chi connectivity index (χ2n) is 18.1. The minimum Gasteiger partial charge on any atom is -0.456 e. The molecule has 2 aliphatic carbocycles. The van der Waals surface area contributed by atoms with Crippen LogP contribution in [-0.4, -0.2) is 15.0 Å². The van der Waals surface area contributed by atoms with Crippen LogP contribution in [0.1, 0.15) is 22.3 Å². The van der Waals surface area contributed by atoms with Gasteiger partial charge in [-0.25, -0.2) is 15.0 Å². The van der Waals surface area contributed by atoms with Crippen LogP contribution in [0.3, 0.4) is 0 Å². The van der Waals surface area contributed by atoms with E-state index in [9.17, 15) is 0 Å². The number of benzene rings is 10. The van der Waals surface area contributed by atoms with Crippen molar-refractivity contribution in [3.05, 3.63) is 247 Å². The van der Waals surface area contributed by atoms with Crippen LogP contribution in [0.15, 0.2) is 233 Å². The molecule has 13 aromatic rings. The molecule has 5 nitrogen and oxygen atoms in total. The van der Waals surface area contributed by atoms with E-state index in [0.29, 0.717) is 17.5 Å². The number of fused-ring (bicyclic) bond motifs is 16. The molecule has 0 unspecified atom stereocenters. The minimum absolute atomic E-state index is 0.384. The molecular formula is C64H37N3O2. The number of furan rings is 2. The van der Waals surface area contributed by atoms with Crippen molar-refractivity contribution in [2.24, 2.45) is 0 Å². The zero-order chi connectivity index (χ0) is 45.2. The average molecular weight is 880 g/mol. The van der Waals surface area contributed by atoms with Crippen molar-refractivity contribution in [2.45, 2.75) is 5.41 Å². The van der Waals surface area contributed by atoms with Gasteiger partial charge < -0.3 is 8.83 Å². The van der Waals surface area contributed by atoms with Gasteiger partial charge in [0.2, 0.25) is 0 Å². The highest BCUT2D eigenvalue weighted by Crippen LogP contribution is 2.64. The zero-order valence-electron chi connectivity index (χ0n) is 37.0. The van der Waals surface area contributed by atoms with E-state index in [1.807, 2.05) is 72.8 Å². The van der Waals surface area contributed by atoms with E-state index in [2.05, 4.69) is 152 Å². The van der Waals surface area contributed by atoms with E-state index in [1.54, 1.807) is 0 Å². The third-order valence-corrected chi connectivity index (χ3v) is 14.6. The van der Waals surface area contributed by atoms with E-state index < -0.39 is 0 Å². The van der Waals surface area contributed by atoms with Crippen molar-refractivity contribution in [2.75, 3.05) is 0 Å². The third-order valence-electron chi connectivity index (χ3n) is 14.6. The summed E-state index contributed by atoms with van der Waals surface area (Å²) in [5.41, 5.74) is 20.5. The number of hydrogen-bond donors (Lipinski definition) is 0. The van der Waals surface area contributed by atoms with Gasteiger partial charge in [0, 0.05) is 32.7 Å². The standard InChI is InChI=1S/C64H37N3O2/c1-2-15-40(16-3-1)61-65-62(67-63(66-61)49-24-12-22-46-45-19-7-11-29-55(45)69-60(46)49)48-23-14-30-57-59(48)50-37-41(35-36-56(50)68-57)38-31-33-39(34-32-38)42-21-13-28-54-58(42)47-20-6-10-27-53(47)64(54)51-25-8-4-17-43(51)44-18-5-9-26-52(44)64/h1-37H. The molecule has 1 spiro atoms. The normalized spacial score (nSPS) is 13.0. The number of aromatic nitrogens is 3. The predicted octanol–water partition coefficient (Wildman–Crippen LogP) is 16.3. The van der Waals surface area contributed by atoms with E-state index in [4.69, 9.17) is 23.8 Å². The third kappa shape index (κ3) is 5.38. The van der Waals surface area contributed by atoms with Crippen molar-refractivity contribution >= 4 is 43.9 Å². The summed E-state index contributed by atoms with van der Waals surface area (Å²) in [5.74, 6) is 1.67. The molecule has 0 radical (unpaired) electrons. The fraction of sp³-hybridized carbons (Fsp3) is 0.0156. The molecule has 69 heavy (non-hydrogen) atoms. The van der Waals surface area contributed by atoms with Crippen LogP contribution in [0.25, 0.3) is 123 Å². The summed E-state index contributed by atoms with van der Waals surface area (Å²) >= 11 is 0. The molecule has 0 saturated heterocycles. The summed E-state index contributed by atoms with van der Waals surface area (Å²) in [4.78, 5) is 15.5. The highest BCUT2D eigenvalue weighted by molar-refractivity contribution is 6.13. The predicted molar refractivity (Wildman–Crippen MR) is 278 cm³/mol. The van der Waals surface area contributed by atoms with Crippen LogP contribution in [-0.2, 0) is 5.41 Å². The first-order chi connectivity index (χ1) is 34.2. The van der Waals surface area contributed by atoms with Gasteiger partial charge in [-0.1, -0.05) is 194 Å². The van der Waals surface area contributed by atoms with Crippen LogP contribution in [0.5, 0.6) is 0 Å². The molecule has 0 amide bonds.